The number of nitrogens with one attached hydrogen (secondary N) is 1. The van der Waals surface area contributed by atoms with Gasteiger partial charge in [-0.3, -0.25) is 14.7 Å². The highest BCUT2D eigenvalue weighted by molar-refractivity contribution is 6.00. The van der Waals surface area contributed by atoms with Crippen molar-refractivity contribution in [2.24, 2.45) is 0 Å². The van der Waals surface area contributed by atoms with Gasteiger partial charge in [0.15, 0.2) is 0 Å². The van der Waals surface area contributed by atoms with Crippen LogP contribution in [0.1, 0.15) is 0 Å². The number of urea groups is 1. The zero-order valence-corrected chi connectivity index (χ0v) is 14.6. The molecule has 3 amide bonds. The Morgan fingerprint density at radius 2 is 2.08 bits per heavy atom. The molecule has 26 heavy (non-hydrogen) atoms. The van der Waals surface area contributed by atoms with E-state index in [1.54, 1.807) is 61.8 Å². The van der Waals surface area contributed by atoms with E-state index in [0.29, 0.717) is 36.0 Å². The number of benzene rings is 1. The van der Waals surface area contributed by atoms with Gasteiger partial charge in [0.25, 0.3) is 0 Å². The minimum Gasteiger partial charge on any atom is -0.497 e. The molecule has 0 aliphatic carbocycles. The average Bonchev–Trinajstić information content (AvgIpc) is 3.02. The first kappa shape index (κ1) is 17.5. The normalized spacial score (nSPS) is 13.7. The summed E-state index contributed by atoms with van der Waals surface area (Å²) in [7, 11) is 3.11. The molecule has 8 nitrogen and oxygen atoms in total. The number of rotatable bonds is 6. The van der Waals surface area contributed by atoms with Crippen molar-refractivity contribution in [1.29, 1.82) is 0 Å². The van der Waals surface area contributed by atoms with E-state index >= 15 is 0 Å². The number of nitrogens with zero attached hydrogens (tertiary/aromatic N) is 3. The highest BCUT2D eigenvalue weighted by atomic mass is 16.5. The molecule has 1 N–H and O–H groups in total. The number of anilines is 2. The summed E-state index contributed by atoms with van der Waals surface area (Å²) in [5.41, 5.74) is 1.21. The summed E-state index contributed by atoms with van der Waals surface area (Å²) in [6.07, 6.45) is 3.18. The fourth-order valence-corrected chi connectivity index (χ4v) is 2.77. The van der Waals surface area contributed by atoms with E-state index in [2.05, 4.69) is 10.3 Å². The molecular formula is C18H20N4O4. The topological polar surface area (TPSA) is 84.0 Å². The molecule has 0 radical (unpaired) electrons. The van der Waals surface area contributed by atoms with Gasteiger partial charge in [0.05, 0.1) is 31.8 Å². The number of pyridine rings is 1. The Hall–Kier alpha value is -3.29. The van der Waals surface area contributed by atoms with E-state index < -0.39 is 0 Å². The third kappa shape index (κ3) is 3.69. The number of carbonyl (C=O) groups is 2. The maximum absolute atomic E-state index is 12.7. The fourth-order valence-electron chi connectivity index (χ4n) is 2.77. The molecule has 136 valence electrons. The van der Waals surface area contributed by atoms with Crippen molar-refractivity contribution in [2.45, 2.75) is 0 Å². The van der Waals surface area contributed by atoms with Crippen molar-refractivity contribution in [3.63, 3.8) is 0 Å². The van der Waals surface area contributed by atoms with Crippen LogP contribution in [0, 0.1) is 0 Å². The van der Waals surface area contributed by atoms with E-state index in [1.165, 1.54) is 4.90 Å². The van der Waals surface area contributed by atoms with Gasteiger partial charge in [-0.25, -0.2) is 4.79 Å². The standard InChI is InChI=1S/C18H20N4O4/c1-25-14-5-6-16(26-2)15(10-14)22-9-8-21(18(22)24)12-17(23)20-13-4-3-7-19-11-13/h3-7,10-11H,8-9,12H2,1-2H3,(H,20,23). The molecule has 1 fully saturated rings. The number of hydrogen-bond donors (Lipinski definition) is 1. The number of carbonyl (C=O) groups excluding carboxylic acids is 2. The van der Waals surface area contributed by atoms with Gasteiger partial charge in [0, 0.05) is 25.4 Å². The van der Waals surface area contributed by atoms with Gasteiger partial charge < -0.3 is 19.7 Å². The first-order valence-electron chi connectivity index (χ1n) is 8.10. The summed E-state index contributed by atoms with van der Waals surface area (Å²) in [5, 5.41) is 2.73. The fraction of sp³-hybridized carbons (Fsp3) is 0.278. The molecule has 1 aliphatic heterocycles. The van der Waals surface area contributed by atoms with Crippen molar-refractivity contribution in [3.05, 3.63) is 42.7 Å². The minimum atomic E-state index is -0.272. The molecule has 1 aliphatic rings. The van der Waals surface area contributed by atoms with Crippen LogP contribution in [0.2, 0.25) is 0 Å². The maximum Gasteiger partial charge on any atom is 0.325 e. The highest BCUT2D eigenvalue weighted by Gasteiger charge is 2.32. The van der Waals surface area contributed by atoms with Crippen LogP contribution < -0.4 is 19.7 Å². The molecule has 0 unspecified atom stereocenters. The highest BCUT2D eigenvalue weighted by Crippen LogP contribution is 2.34. The Balaban J connectivity index is 1.69. The first-order valence-corrected chi connectivity index (χ1v) is 8.10. The minimum absolute atomic E-state index is 0.0312. The molecular weight excluding hydrogens is 336 g/mol. The van der Waals surface area contributed by atoms with Gasteiger partial charge in [-0.2, -0.15) is 0 Å². The number of aromatic nitrogens is 1. The van der Waals surface area contributed by atoms with Gasteiger partial charge in [-0.1, -0.05) is 0 Å². The summed E-state index contributed by atoms with van der Waals surface area (Å²) in [6.45, 7) is 0.874. The van der Waals surface area contributed by atoms with Crippen LogP contribution >= 0.6 is 0 Å². The summed E-state index contributed by atoms with van der Waals surface area (Å²) in [4.78, 5) is 31.9. The van der Waals surface area contributed by atoms with Gasteiger partial charge >= 0.3 is 6.03 Å². The zero-order chi connectivity index (χ0) is 18.5. The second-order valence-corrected chi connectivity index (χ2v) is 5.68. The van der Waals surface area contributed by atoms with Crippen LogP contribution in [0.15, 0.2) is 42.7 Å². The van der Waals surface area contributed by atoms with Gasteiger partial charge in [-0.15, -0.1) is 0 Å². The molecule has 1 saturated heterocycles. The third-order valence-electron chi connectivity index (χ3n) is 4.05. The molecule has 0 atom stereocenters. The summed E-state index contributed by atoms with van der Waals surface area (Å²) < 4.78 is 10.6. The first-order chi connectivity index (χ1) is 12.6. The second kappa shape index (κ2) is 7.73. The second-order valence-electron chi connectivity index (χ2n) is 5.68. The monoisotopic (exact) mass is 356 g/mol. The van der Waals surface area contributed by atoms with Crippen LogP contribution in [0.4, 0.5) is 16.2 Å². The third-order valence-corrected chi connectivity index (χ3v) is 4.05. The molecule has 0 saturated carbocycles. The van der Waals surface area contributed by atoms with Gasteiger partial charge in [0.1, 0.15) is 18.0 Å². The van der Waals surface area contributed by atoms with Crippen molar-refractivity contribution in [1.82, 2.24) is 9.88 Å². The van der Waals surface area contributed by atoms with E-state index in [9.17, 15) is 9.59 Å². The molecule has 0 bridgehead atoms. The lowest BCUT2D eigenvalue weighted by Crippen LogP contribution is -2.37. The Labute approximate surface area is 151 Å². The van der Waals surface area contributed by atoms with E-state index in [-0.39, 0.29) is 18.5 Å². The lowest BCUT2D eigenvalue weighted by molar-refractivity contribution is -0.116. The Morgan fingerprint density at radius 3 is 2.77 bits per heavy atom. The Bertz CT molecular complexity index is 797. The lowest BCUT2D eigenvalue weighted by Gasteiger charge is -2.21. The number of ether oxygens (including phenoxy) is 2. The van der Waals surface area contributed by atoms with Crippen LogP contribution in [-0.4, -0.2) is 55.7 Å². The quantitative estimate of drug-likeness (QED) is 0.856. The van der Waals surface area contributed by atoms with Crippen LogP contribution in [0.3, 0.4) is 0 Å². The Kier molecular flexibility index (Phi) is 5.21. The van der Waals surface area contributed by atoms with Crippen LogP contribution in [0.5, 0.6) is 11.5 Å². The molecule has 2 aromatic rings. The molecule has 8 heteroatoms. The molecule has 1 aromatic carbocycles. The van der Waals surface area contributed by atoms with Crippen molar-refractivity contribution >= 4 is 23.3 Å². The summed E-state index contributed by atoms with van der Waals surface area (Å²) in [5.74, 6) is 0.924. The van der Waals surface area contributed by atoms with Crippen molar-refractivity contribution in [3.8, 4) is 11.5 Å². The van der Waals surface area contributed by atoms with Gasteiger partial charge in [-0.05, 0) is 24.3 Å². The molecule has 3 rings (SSSR count). The van der Waals surface area contributed by atoms with E-state index in [4.69, 9.17) is 9.47 Å². The summed E-state index contributed by atoms with van der Waals surface area (Å²) in [6, 6.07) is 8.48. The number of methoxy groups -OCH3 is 2. The predicted molar refractivity (Wildman–Crippen MR) is 96.7 cm³/mol. The van der Waals surface area contributed by atoms with Gasteiger partial charge in [0.2, 0.25) is 5.91 Å². The summed E-state index contributed by atoms with van der Waals surface area (Å²) >= 11 is 0. The lowest BCUT2D eigenvalue weighted by atomic mass is 10.2. The van der Waals surface area contributed by atoms with Crippen molar-refractivity contribution < 1.29 is 19.1 Å². The van der Waals surface area contributed by atoms with Crippen LogP contribution in [0.25, 0.3) is 0 Å². The van der Waals surface area contributed by atoms with Crippen molar-refractivity contribution in [2.75, 3.05) is 44.1 Å². The van der Waals surface area contributed by atoms with Crippen LogP contribution in [-0.2, 0) is 4.79 Å². The molecule has 1 aromatic heterocycles. The predicted octanol–water partition coefficient (Wildman–Crippen LogP) is 1.98. The molecule has 2 heterocycles. The maximum atomic E-state index is 12.7. The molecule has 0 spiro atoms. The average molecular weight is 356 g/mol. The van der Waals surface area contributed by atoms with E-state index in [0.717, 1.165) is 0 Å². The largest absolute Gasteiger partial charge is 0.497 e. The SMILES string of the molecule is COc1ccc(OC)c(N2CCN(CC(=O)Nc3cccnc3)C2=O)c1. The Morgan fingerprint density at radius 1 is 1.23 bits per heavy atom. The van der Waals surface area contributed by atoms with E-state index in [1.807, 2.05) is 0 Å². The number of amides is 3. The smallest absolute Gasteiger partial charge is 0.325 e. The number of hydrogen-bond acceptors (Lipinski definition) is 5. The zero-order valence-electron chi connectivity index (χ0n) is 14.6.